The maximum absolute atomic E-state index is 13.9. The fourth-order valence-corrected chi connectivity index (χ4v) is 2.98. The molecule has 114 valence electrons. The minimum Gasteiger partial charge on any atom is -0.313 e. The second-order valence-electron chi connectivity index (χ2n) is 5.19. The normalized spacial score (nSPS) is 12.7. The molecule has 0 aliphatic carbocycles. The number of hydrogen-bond donors (Lipinski definition) is 1. The van der Waals surface area contributed by atoms with Crippen LogP contribution in [0.2, 0.25) is 5.02 Å². The minimum atomic E-state index is -0.294. The van der Waals surface area contributed by atoms with Gasteiger partial charge in [0.25, 0.3) is 0 Å². The largest absolute Gasteiger partial charge is 0.313 e. The van der Waals surface area contributed by atoms with Gasteiger partial charge in [0.15, 0.2) is 0 Å². The van der Waals surface area contributed by atoms with Crippen LogP contribution in [0.25, 0.3) is 0 Å². The lowest BCUT2D eigenvalue weighted by atomic mass is 10.0. The predicted octanol–water partition coefficient (Wildman–Crippen LogP) is 4.01. The van der Waals surface area contributed by atoms with Crippen LogP contribution in [0.1, 0.15) is 41.9 Å². The van der Waals surface area contributed by atoms with Crippen molar-refractivity contribution in [3.63, 3.8) is 0 Å². The first-order chi connectivity index (χ1) is 9.99. The van der Waals surface area contributed by atoms with Gasteiger partial charge in [-0.1, -0.05) is 24.6 Å². The summed E-state index contributed by atoms with van der Waals surface area (Å²) in [6.07, 6.45) is 0.977. The van der Waals surface area contributed by atoms with Gasteiger partial charge in [-0.25, -0.2) is 4.39 Å². The molecule has 2 aromatic rings. The van der Waals surface area contributed by atoms with Crippen LogP contribution in [0.4, 0.5) is 4.39 Å². The van der Waals surface area contributed by atoms with E-state index in [-0.39, 0.29) is 11.9 Å². The monoisotopic (exact) mass is 309 g/mol. The Morgan fingerprint density at radius 1 is 1.38 bits per heavy atom. The number of aromatic nitrogens is 2. The summed E-state index contributed by atoms with van der Waals surface area (Å²) in [5.74, 6) is -0.294. The van der Waals surface area contributed by atoms with E-state index in [9.17, 15) is 4.39 Å². The molecule has 0 fully saturated rings. The van der Waals surface area contributed by atoms with E-state index >= 15 is 0 Å². The van der Waals surface area contributed by atoms with E-state index < -0.39 is 0 Å². The summed E-state index contributed by atoms with van der Waals surface area (Å²) in [5.41, 5.74) is 3.69. The Labute approximate surface area is 130 Å². The molecule has 1 atom stereocenters. The van der Waals surface area contributed by atoms with Crippen LogP contribution in [0, 0.1) is 19.7 Å². The summed E-state index contributed by atoms with van der Waals surface area (Å²) in [5, 5.41) is 8.29. The highest BCUT2D eigenvalue weighted by atomic mass is 35.5. The van der Waals surface area contributed by atoms with Crippen LogP contribution in [0.15, 0.2) is 18.2 Å². The third-order valence-corrected chi connectivity index (χ3v) is 4.27. The smallest absolute Gasteiger partial charge is 0.129 e. The molecular weight excluding hydrogens is 289 g/mol. The summed E-state index contributed by atoms with van der Waals surface area (Å²) in [7, 11) is 1.94. The second kappa shape index (κ2) is 6.58. The maximum Gasteiger partial charge on any atom is 0.129 e. The molecule has 0 bridgehead atoms. The first kappa shape index (κ1) is 16.0. The van der Waals surface area contributed by atoms with Crippen molar-refractivity contribution in [1.82, 2.24) is 15.1 Å². The molecule has 1 unspecified atom stereocenters. The van der Waals surface area contributed by atoms with Gasteiger partial charge < -0.3 is 5.32 Å². The number of aryl methyl sites for hydroxylation is 1. The van der Waals surface area contributed by atoms with Crippen LogP contribution < -0.4 is 5.32 Å². The molecule has 0 saturated carbocycles. The quantitative estimate of drug-likeness (QED) is 0.904. The van der Waals surface area contributed by atoms with Crippen molar-refractivity contribution in [1.29, 1.82) is 0 Å². The van der Waals surface area contributed by atoms with Crippen molar-refractivity contribution in [3.8, 4) is 0 Å². The van der Waals surface area contributed by atoms with Crippen LogP contribution in [0.3, 0.4) is 0 Å². The molecule has 0 spiro atoms. The molecule has 0 radical (unpaired) electrons. The summed E-state index contributed by atoms with van der Waals surface area (Å²) >= 11 is 6.10. The average molecular weight is 310 g/mol. The molecule has 2 rings (SSSR count). The Bertz CT molecular complexity index is 612. The topological polar surface area (TPSA) is 29.9 Å². The molecule has 21 heavy (non-hydrogen) atoms. The van der Waals surface area contributed by atoms with E-state index in [1.54, 1.807) is 12.1 Å². The molecule has 0 saturated heterocycles. The Morgan fingerprint density at radius 3 is 2.67 bits per heavy atom. The third-order valence-electron chi connectivity index (χ3n) is 3.91. The van der Waals surface area contributed by atoms with Gasteiger partial charge in [0.05, 0.1) is 12.2 Å². The van der Waals surface area contributed by atoms with Gasteiger partial charge in [0.1, 0.15) is 5.82 Å². The van der Waals surface area contributed by atoms with E-state index in [4.69, 9.17) is 11.6 Å². The van der Waals surface area contributed by atoms with Crippen molar-refractivity contribution in [3.05, 3.63) is 51.6 Å². The Kier molecular flexibility index (Phi) is 5.01. The number of benzene rings is 1. The molecule has 3 nitrogen and oxygen atoms in total. The highest BCUT2D eigenvalue weighted by Gasteiger charge is 2.19. The molecular formula is C16H21ClFN3. The van der Waals surface area contributed by atoms with Crippen LogP contribution in [-0.4, -0.2) is 16.8 Å². The van der Waals surface area contributed by atoms with Crippen molar-refractivity contribution < 1.29 is 4.39 Å². The van der Waals surface area contributed by atoms with E-state index in [2.05, 4.69) is 17.3 Å². The van der Waals surface area contributed by atoms with Gasteiger partial charge in [-0.05, 0) is 39.4 Å². The number of halogens is 2. The van der Waals surface area contributed by atoms with Gasteiger partial charge >= 0.3 is 0 Å². The van der Waals surface area contributed by atoms with Crippen molar-refractivity contribution in [2.75, 3.05) is 7.05 Å². The fraction of sp³-hybridized carbons (Fsp3) is 0.438. The third kappa shape index (κ3) is 3.11. The van der Waals surface area contributed by atoms with Crippen molar-refractivity contribution >= 4 is 11.6 Å². The zero-order chi connectivity index (χ0) is 15.6. The summed E-state index contributed by atoms with van der Waals surface area (Å²) in [6, 6.07) is 5.00. The molecule has 1 N–H and O–H groups in total. The maximum atomic E-state index is 13.9. The summed E-state index contributed by atoms with van der Waals surface area (Å²) < 4.78 is 15.8. The van der Waals surface area contributed by atoms with Gasteiger partial charge in [0.2, 0.25) is 0 Å². The number of nitrogens with zero attached hydrogens (tertiary/aromatic N) is 2. The van der Waals surface area contributed by atoms with E-state index in [0.29, 0.717) is 17.1 Å². The second-order valence-corrected chi connectivity index (χ2v) is 5.60. The zero-order valence-electron chi connectivity index (χ0n) is 12.9. The highest BCUT2D eigenvalue weighted by Crippen LogP contribution is 2.26. The lowest BCUT2D eigenvalue weighted by molar-refractivity contribution is 0.563. The van der Waals surface area contributed by atoms with Gasteiger partial charge in [-0.2, -0.15) is 5.10 Å². The Hall–Kier alpha value is -1.39. The lowest BCUT2D eigenvalue weighted by Crippen LogP contribution is -2.17. The van der Waals surface area contributed by atoms with Crippen LogP contribution >= 0.6 is 11.6 Å². The van der Waals surface area contributed by atoms with Crippen molar-refractivity contribution in [2.45, 2.75) is 39.8 Å². The first-order valence-electron chi connectivity index (χ1n) is 7.13. The van der Waals surface area contributed by atoms with E-state index in [1.165, 1.54) is 11.6 Å². The average Bonchev–Trinajstić information content (AvgIpc) is 2.72. The van der Waals surface area contributed by atoms with E-state index in [1.807, 2.05) is 25.6 Å². The Morgan fingerprint density at radius 2 is 2.10 bits per heavy atom. The number of hydrogen-bond acceptors (Lipinski definition) is 2. The van der Waals surface area contributed by atoms with Crippen molar-refractivity contribution in [2.24, 2.45) is 0 Å². The number of rotatable bonds is 5. The van der Waals surface area contributed by atoms with Gasteiger partial charge in [-0.3, -0.25) is 4.68 Å². The van der Waals surface area contributed by atoms with Gasteiger partial charge in [-0.15, -0.1) is 0 Å². The lowest BCUT2D eigenvalue weighted by Gasteiger charge is -2.15. The Balaban J connectivity index is 2.41. The molecule has 1 heterocycles. The fourth-order valence-electron chi connectivity index (χ4n) is 2.75. The summed E-state index contributed by atoms with van der Waals surface area (Å²) in [6.45, 7) is 6.48. The summed E-state index contributed by atoms with van der Waals surface area (Å²) in [4.78, 5) is 0. The van der Waals surface area contributed by atoms with E-state index in [0.717, 1.165) is 17.8 Å². The standard InChI is InChI=1S/C16H21ClFN3/c1-5-15(19-4)16-10(2)20-21(11(16)3)9-12-13(17)7-6-8-14(12)18/h6-8,15,19H,5,9H2,1-4H3. The molecule has 0 aliphatic rings. The van der Waals surface area contributed by atoms with Crippen LogP contribution in [-0.2, 0) is 6.54 Å². The molecule has 1 aromatic carbocycles. The molecule has 1 aromatic heterocycles. The zero-order valence-corrected chi connectivity index (χ0v) is 13.6. The molecule has 0 aliphatic heterocycles. The molecule has 0 amide bonds. The van der Waals surface area contributed by atoms with Crippen LogP contribution in [0.5, 0.6) is 0 Å². The first-order valence-corrected chi connectivity index (χ1v) is 7.51. The highest BCUT2D eigenvalue weighted by molar-refractivity contribution is 6.31. The minimum absolute atomic E-state index is 0.259. The molecule has 5 heteroatoms. The predicted molar refractivity (Wildman–Crippen MR) is 84.3 cm³/mol. The van der Waals surface area contributed by atoms with Gasteiger partial charge in [0, 0.05) is 27.9 Å². The number of nitrogens with one attached hydrogen (secondary N) is 1. The SMILES string of the molecule is CCC(NC)c1c(C)nn(Cc2c(F)cccc2Cl)c1C.